The van der Waals surface area contributed by atoms with Gasteiger partial charge in [-0.15, -0.1) is 0 Å². The molecule has 2 fully saturated rings. The molecule has 25 heavy (non-hydrogen) atoms. The normalized spacial score (nSPS) is 25.8. The standard InChI is InChI=1S/C20H27N3O2/c1-3-23-14-19(25-15(2)20(23)24)18-8-10-22(11-9-18)13-17-6-4-16(12-21)5-7-17/h4-7,15,18-19H,3,8-11,13-14H2,1-2H3/t15-,19+/m0/s1. The van der Waals surface area contributed by atoms with Gasteiger partial charge in [0.2, 0.25) is 0 Å². The van der Waals surface area contributed by atoms with Gasteiger partial charge in [-0.2, -0.15) is 5.26 Å². The van der Waals surface area contributed by atoms with Gasteiger partial charge in [0, 0.05) is 19.6 Å². The van der Waals surface area contributed by atoms with Crippen LogP contribution in [0.4, 0.5) is 0 Å². The molecule has 0 radical (unpaired) electrons. The molecule has 0 aromatic heterocycles. The van der Waals surface area contributed by atoms with E-state index in [1.165, 1.54) is 5.56 Å². The van der Waals surface area contributed by atoms with Gasteiger partial charge in [-0.05, 0) is 63.4 Å². The average molecular weight is 341 g/mol. The molecule has 2 aliphatic heterocycles. The van der Waals surface area contributed by atoms with Gasteiger partial charge in [-0.3, -0.25) is 9.69 Å². The zero-order chi connectivity index (χ0) is 17.8. The highest BCUT2D eigenvalue weighted by Crippen LogP contribution is 2.28. The largest absolute Gasteiger partial charge is 0.363 e. The molecule has 1 aromatic rings. The summed E-state index contributed by atoms with van der Waals surface area (Å²) in [5, 5.41) is 8.88. The summed E-state index contributed by atoms with van der Waals surface area (Å²) in [6, 6.07) is 10.0. The summed E-state index contributed by atoms with van der Waals surface area (Å²) in [6.07, 6.45) is 2.08. The van der Waals surface area contributed by atoms with Gasteiger partial charge < -0.3 is 9.64 Å². The Balaban J connectivity index is 1.51. The van der Waals surface area contributed by atoms with E-state index in [0.717, 1.165) is 45.6 Å². The minimum Gasteiger partial charge on any atom is -0.363 e. The summed E-state index contributed by atoms with van der Waals surface area (Å²) >= 11 is 0. The predicted octanol–water partition coefficient (Wildman–Crippen LogP) is 2.41. The highest BCUT2D eigenvalue weighted by atomic mass is 16.5. The van der Waals surface area contributed by atoms with Gasteiger partial charge in [0.25, 0.3) is 5.91 Å². The number of nitrogens with zero attached hydrogens (tertiary/aromatic N) is 3. The summed E-state index contributed by atoms with van der Waals surface area (Å²) in [7, 11) is 0. The number of ether oxygens (including phenoxy) is 1. The van der Waals surface area contributed by atoms with Crippen LogP contribution in [-0.4, -0.2) is 54.1 Å². The monoisotopic (exact) mass is 341 g/mol. The predicted molar refractivity (Wildman–Crippen MR) is 95.7 cm³/mol. The van der Waals surface area contributed by atoms with Gasteiger partial charge in [0.15, 0.2) is 0 Å². The van der Waals surface area contributed by atoms with Crippen LogP contribution in [0.15, 0.2) is 24.3 Å². The Bertz CT molecular complexity index is 629. The van der Waals surface area contributed by atoms with Crippen molar-refractivity contribution in [2.45, 2.75) is 45.4 Å². The highest BCUT2D eigenvalue weighted by molar-refractivity contribution is 5.81. The number of carbonyl (C=O) groups is 1. The summed E-state index contributed by atoms with van der Waals surface area (Å²) in [5.74, 6) is 0.652. The lowest BCUT2D eigenvalue weighted by Crippen LogP contribution is -2.54. The second kappa shape index (κ2) is 7.99. The first-order chi connectivity index (χ1) is 12.1. The van der Waals surface area contributed by atoms with Crippen LogP contribution in [0.5, 0.6) is 0 Å². The van der Waals surface area contributed by atoms with E-state index in [4.69, 9.17) is 10.00 Å². The fraction of sp³-hybridized carbons (Fsp3) is 0.600. The van der Waals surface area contributed by atoms with Crippen molar-refractivity contribution < 1.29 is 9.53 Å². The van der Waals surface area contributed by atoms with E-state index < -0.39 is 0 Å². The smallest absolute Gasteiger partial charge is 0.251 e. The van der Waals surface area contributed by atoms with Crippen molar-refractivity contribution in [3.05, 3.63) is 35.4 Å². The van der Waals surface area contributed by atoms with Crippen LogP contribution in [-0.2, 0) is 16.1 Å². The summed E-state index contributed by atoms with van der Waals surface area (Å²) < 4.78 is 6.01. The molecule has 1 amide bonds. The SMILES string of the molecule is CCN1C[C@H](C2CCN(Cc3ccc(C#N)cc3)CC2)O[C@@H](C)C1=O. The molecule has 2 saturated heterocycles. The minimum atomic E-state index is -0.310. The van der Waals surface area contributed by atoms with Gasteiger partial charge in [0.1, 0.15) is 6.10 Å². The van der Waals surface area contributed by atoms with Crippen molar-refractivity contribution in [3.8, 4) is 6.07 Å². The number of likely N-dealkylation sites (N-methyl/N-ethyl adjacent to an activating group) is 1. The second-order valence-electron chi connectivity index (χ2n) is 7.12. The van der Waals surface area contributed by atoms with E-state index in [0.29, 0.717) is 11.5 Å². The lowest BCUT2D eigenvalue weighted by atomic mass is 9.89. The van der Waals surface area contributed by atoms with Crippen molar-refractivity contribution in [2.24, 2.45) is 5.92 Å². The molecule has 0 spiro atoms. The molecule has 5 nitrogen and oxygen atoms in total. The van der Waals surface area contributed by atoms with Gasteiger partial charge >= 0.3 is 0 Å². The third-order valence-corrected chi connectivity index (χ3v) is 5.47. The molecule has 3 rings (SSSR count). The van der Waals surface area contributed by atoms with Crippen molar-refractivity contribution in [3.63, 3.8) is 0 Å². The third-order valence-electron chi connectivity index (χ3n) is 5.47. The first kappa shape index (κ1) is 17.9. The Morgan fingerprint density at radius 1 is 1.24 bits per heavy atom. The van der Waals surface area contributed by atoms with Crippen molar-refractivity contribution in [2.75, 3.05) is 26.2 Å². The van der Waals surface area contributed by atoms with Crippen molar-refractivity contribution in [1.29, 1.82) is 5.26 Å². The first-order valence-electron chi connectivity index (χ1n) is 9.26. The maximum Gasteiger partial charge on any atom is 0.251 e. The zero-order valence-corrected chi connectivity index (χ0v) is 15.1. The van der Waals surface area contributed by atoms with Crippen LogP contribution >= 0.6 is 0 Å². The number of hydrogen-bond acceptors (Lipinski definition) is 4. The maximum absolute atomic E-state index is 12.1. The molecule has 0 bridgehead atoms. The molecule has 2 aliphatic rings. The van der Waals surface area contributed by atoms with E-state index in [9.17, 15) is 4.79 Å². The number of rotatable bonds is 4. The molecule has 0 unspecified atom stereocenters. The molecule has 0 saturated carbocycles. The summed E-state index contributed by atoms with van der Waals surface area (Å²) in [6.45, 7) is 8.45. The van der Waals surface area contributed by atoms with Crippen LogP contribution in [0.1, 0.15) is 37.8 Å². The Kier molecular flexibility index (Phi) is 5.72. The number of benzene rings is 1. The number of carbonyl (C=O) groups excluding carboxylic acids is 1. The number of piperidine rings is 1. The lowest BCUT2D eigenvalue weighted by Gasteiger charge is -2.42. The molecule has 2 atom stereocenters. The molecule has 5 heteroatoms. The minimum absolute atomic E-state index is 0.122. The van der Waals surface area contributed by atoms with E-state index in [2.05, 4.69) is 11.0 Å². The molecule has 1 aromatic carbocycles. The Morgan fingerprint density at radius 3 is 2.52 bits per heavy atom. The first-order valence-corrected chi connectivity index (χ1v) is 9.26. The molecular formula is C20H27N3O2. The third kappa shape index (κ3) is 4.20. The van der Waals surface area contributed by atoms with Gasteiger partial charge in [-0.25, -0.2) is 0 Å². The molecule has 0 aliphatic carbocycles. The lowest BCUT2D eigenvalue weighted by molar-refractivity contribution is -0.166. The number of hydrogen-bond donors (Lipinski definition) is 0. The molecule has 0 N–H and O–H groups in total. The molecule has 2 heterocycles. The maximum atomic E-state index is 12.1. The van der Waals surface area contributed by atoms with Crippen molar-refractivity contribution >= 4 is 5.91 Å². The fourth-order valence-corrected chi connectivity index (χ4v) is 3.90. The summed E-state index contributed by atoms with van der Waals surface area (Å²) in [4.78, 5) is 16.5. The quantitative estimate of drug-likeness (QED) is 0.844. The number of amides is 1. The van der Waals surface area contributed by atoms with E-state index >= 15 is 0 Å². The van der Waals surface area contributed by atoms with Crippen LogP contribution in [0, 0.1) is 17.2 Å². The average Bonchev–Trinajstić information content (AvgIpc) is 2.65. The van der Waals surface area contributed by atoms with E-state index in [1.807, 2.05) is 43.0 Å². The van der Waals surface area contributed by atoms with Crippen LogP contribution in [0.25, 0.3) is 0 Å². The highest BCUT2D eigenvalue weighted by Gasteiger charge is 2.36. The number of likely N-dealkylation sites (tertiary alicyclic amines) is 1. The van der Waals surface area contributed by atoms with Gasteiger partial charge in [-0.1, -0.05) is 12.1 Å². The Labute approximate surface area is 150 Å². The Hall–Kier alpha value is -1.90. The van der Waals surface area contributed by atoms with Gasteiger partial charge in [0.05, 0.1) is 17.7 Å². The van der Waals surface area contributed by atoms with E-state index in [-0.39, 0.29) is 18.1 Å². The van der Waals surface area contributed by atoms with Crippen LogP contribution in [0.3, 0.4) is 0 Å². The second-order valence-corrected chi connectivity index (χ2v) is 7.12. The van der Waals surface area contributed by atoms with E-state index in [1.54, 1.807) is 0 Å². The van der Waals surface area contributed by atoms with Crippen LogP contribution < -0.4 is 0 Å². The summed E-state index contributed by atoms with van der Waals surface area (Å²) in [5.41, 5.74) is 1.96. The molecular weight excluding hydrogens is 314 g/mol. The Morgan fingerprint density at radius 2 is 1.92 bits per heavy atom. The topological polar surface area (TPSA) is 56.6 Å². The zero-order valence-electron chi connectivity index (χ0n) is 15.1. The van der Waals surface area contributed by atoms with Crippen molar-refractivity contribution in [1.82, 2.24) is 9.80 Å². The van der Waals surface area contributed by atoms with Crippen LogP contribution in [0.2, 0.25) is 0 Å². The fourth-order valence-electron chi connectivity index (χ4n) is 3.90. The molecule has 134 valence electrons. The number of morpholine rings is 1. The number of nitriles is 1.